The first-order valence-corrected chi connectivity index (χ1v) is 8.75. The third kappa shape index (κ3) is 4.90. The van der Waals surface area contributed by atoms with Gasteiger partial charge in [0.15, 0.2) is 0 Å². The highest BCUT2D eigenvalue weighted by molar-refractivity contribution is 5.17. The minimum absolute atomic E-state index is 0.356. The summed E-state index contributed by atoms with van der Waals surface area (Å²) in [5.74, 6) is 0. The molecular weight excluding hydrogens is 284 g/mol. The Morgan fingerprint density at radius 1 is 0.957 bits per heavy atom. The molecule has 1 aliphatic heterocycles. The Morgan fingerprint density at radius 2 is 1.57 bits per heavy atom. The van der Waals surface area contributed by atoms with E-state index in [1.54, 1.807) is 4.90 Å². The molecule has 0 bridgehead atoms. The Morgan fingerprint density at radius 3 is 2.22 bits per heavy atom. The van der Waals surface area contributed by atoms with Crippen molar-refractivity contribution in [2.75, 3.05) is 19.6 Å². The van der Waals surface area contributed by atoms with E-state index in [2.05, 4.69) is 35.6 Å². The first-order chi connectivity index (χ1) is 11.3. The van der Waals surface area contributed by atoms with E-state index in [1.165, 1.54) is 31.5 Å². The number of aliphatic hydroxyl groups excluding tert-OH is 1. The first kappa shape index (κ1) is 16.2. The smallest absolute Gasteiger partial charge is 0.128 e. The Labute approximate surface area is 139 Å². The second-order valence-corrected chi connectivity index (χ2v) is 6.65. The Hall–Kier alpha value is -1.68. The number of aliphatic hydroxyl groups is 1. The van der Waals surface area contributed by atoms with Gasteiger partial charge in [-0.15, -0.1) is 0 Å². The van der Waals surface area contributed by atoms with Gasteiger partial charge in [-0.05, 0) is 5.56 Å². The molecule has 0 radical (unpaired) electrons. The third-order valence-electron chi connectivity index (χ3n) is 4.91. The predicted molar refractivity (Wildman–Crippen MR) is 92.1 cm³/mol. The molecule has 0 aromatic heterocycles. The van der Waals surface area contributed by atoms with Crippen LogP contribution in [0.4, 0.5) is 0 Å². The fourth-order valence-corrected chi connectivity index (χ4v) is 3.48. The monoisotopic (exact) mass is 312 g/mol. The summed E-state index contributed by atoms with van der Waals surface area (Å²) < 4.78 is 0. The molecule has 1 saturated heterocycles. The summed E-state index contributed by atoms with van der Waals surface area (Å²) in [4.78, 5) is 1.68. The molecule has 1 heterocycles. The van der Waals surface area contributed by atoms with Gasteiger partial charge in [-0.3, -0.25) is 0 Å². The number of piperidine rings is 1. The standard InChI is InChI=1S/C20H26N2O/c23-20(18-9-5-2-6-10-18)15-21-19-11-13-22(14-12-19)16-17-7-3-1-4-8-17/h1-10,19-21,23H,11-16H2/p+2/t20-/m0/s1. The fourth-order valence-electron chi connectivity index (χ4n) is 3.48. The van der Waals surface area contributed by atoms with E-state index >= 15 is 0 Å². The molecule has 0 amide bonds. The molecule has 122 valence electrons. The predicted octanol–water partition coefficient (Wildman–Crippen LogP) is 0.531. The molecule has 3 rings (SSSR count). The van der Waals surface area contributed by atoms with Gasteiger partial charge < -0.3 is 15.3 Å². The van der Waals surface area contributed by atoms with Crippen LogP contribution < -0.4 is 10.2 Å². The van der Waals surface area contributed by atoms with Crippen LogP contribution in [-0.2, 0) is 6.54 Å². The van der Waals surface area contributed by atoms with E-state index in [9.17, 15) is 5.11 Å². The van der Waals surface area contributed by atoms with Crippen molar-refractivity contribution in [3.8, 4) is 0 Å². The molecule has 4 N–H and O–H groups in total. The lowest BCUT2D eigenvalue weighted by Gasteiger charge is -2.28. The summed E-state index contributed by atoms with van der Waals surface area (Å²) in [6.45, 7) is 4.37. The van der Waals surface area contributed by atoms with Gasteiger partial charge in [-0.1, -0.05) is 60.7 Å². The minimum Gasteiger partial charge on any atom is -0.382 e. The largest absolute Gasteiger partial charge is 0.382 e. The molecule has 2 aromatic rings. The van der Waals surface area contributed by atoms with E-state index in [-0.39, 0.29) is 6.10 Å². The lowest BCUT2D eigenvalue weighted by Crippen LogP contribution is -3.13. The van der Waals surface area contributed by atoms with Crippen LogP contribution in [0.3, 0.4) is 0 Å². The second kappa shape index (κ2) is 8.25. The lowest BCUT2D eigenvalue weighted by molar-refractivity contribution is -0.926. The molecule has 3 nitrogen and oxygen atoms in total. The molecule has 0 unspecified atom stereocenters. The highest BCUT2D eigenvalue weighted by Crippen LogP contribution is 2.09. The Bertz CT molecular complexity index is 565. The Kier molecular flexibility index (Phi) is 5.81. The van der Waals surface area contributed by atoms with Crippen molar-refractivity contribution < 1.29 is 15.3 Å². The summed E-state index contributed by atoms with van der Waals surface area (Å²) in [5.41, 5.74) is 2.46. The molecule has 0 spiro atoms. The topological polar surface area (TPSA) is 41.3 Å². The number of nitrogens with one attached hydrogen (secondary N) is 1. The van der Waals surface area contributed by atoms with Crippen molar-refractivity contribution in [1.82, 2.24) is 0 Å². The normalized spacial score (nSPS) is 22.7. The second-order valence-electron chi connectivity index (χ2n) is 6.65. The fraction of sp³-hybridized carbons (Fsp3) is 0.400. The van der Waals surface area contributed by atoms with Crippen LogP contribution in [0.25, 0.3) is 0 Å². The summed E-state index contributed by atoms with van der Waals surface area (Å²) >= 11 is 0. The number of hydrogen-bond donors (Lipinski definition) is 3. The highest BCUT2D eigenvalue weighted by Gasteiger charge is 2.25. The maximum atomic E-state index is 10.3. The summed E-state index contributed by atoms with van der Waals surface area (Å²) in [5, 5.41) is 12.6. The molecule has 0 aliphatic carbocycles. The number of quaternary nitrogens is 2. The van der Waals surface area contributed by atoms with E-state index < -0.39 is 0 Å². The maximum absolute atomic E-state index is 10.3. The SMILES string of the molecule is O[C@@H](C[NH2+]C1CC[NH+](Cc2ccccc2)CC1)c1ccccc1. The van der Waals surface area contributed by atoms with Crippen molar-refractivity contribution >= 4 is 0 Å². The van der Waals surface area contributed by atoms with Crippen LogP contribution in [0.2, 0.25) is 0 Å². The molecular formula is C20H28N2O+2. The van der Waals surface area contributed by atoms with Gasteiger partial charge in [-0.2, -0.15) is 0 Å². The van der Waals surface area contributed by atoms with Gasteiger partial charge in [-0.25, -0.2) is 0 Å². The van der Waals surface area contributed by atoms with Gasteiger partial charge in [0.05, 0.1) is 19.1 Å². The van der Waals surface area contributed by atoms with Gasteiger partial charge in [0, 0.05) is 18.4 Å². The van der Waals surface area contributed by atoms with Crippen LogP contribution in [0.15, 0.2) is 60.7 Å². The number of rotatable bonds is 6. The summed E-state index contributed by atoms with van der Waals surface area (Å²) in [6, 6.07) is 21.4. The van der Waals surface area contributed by atoms with Crippen molar-refractivity contribution in [1.29, 1.82) is 0 Å². The molecule has 1 atom stereocenters. The molecule has 0 saturated carbocycles. The lowest BCUT2D eigenvalue weighted by atomic mass is 10.0. The average molecular weight is 312 g/mol. The molecule has 3 heteroatoms. The quantitative estimate of drug-likeness (QED) is 0.716. The van der Waals surface area contributed by atoms with Crippen LogP contribution in [0.1, 0.15) is 30.1 Å². The molecule has 1 fully saturated rings. The van der Waals surface area contributed by atoms with E-state index in [0.717, 1.165) is 18.7 Å². The maximum Gasteiger partial charge on any atom is 0.128 e. The highest BCUT2D eigenvalue weighted by atomic mass is 16.3. The molecule has 2 aromatic carbocycles. The number of nitrogens with two attached hydrogens (primary N) is 1. The first-order valence-electron chi connectivity index (χ1n) is 8.75. The minimum atomic E-state index is -0.356. The van der Waals surface area contributed by atoms with Crippen LogP contribution >= 0.6 is 0 Å². The van der Waals surface area contributed by atoms with Crippen LogP contribution in [0.5, 0.6) is 0 Å². The van der Waals surface area contributed by atoms with Gasteiger partial charge >= 0.3 is 0 Å². The van der Waals surface area contributed by atoms with E-state index in [4.69, 9.17) is 0 Å². The number of likely N-dealkylation sites (tertiary alicyclic amines) is 1. The number of benzene rings is 2. The van der Waals surface area contributed by atoms with E-state index in [0.29, 0.717) is 6.04 Å². The Balaban J connectivity index is 1.39. The molecule has 23 heavy (non-hydrogen) atoms. The summed E-state index contributed by atoms with van der Waals surface area (Å²) in [7, 11) is 0. The van der Waals surface area contributed by atoms with Crippen LogP contribution in [-0.4, -0.2) is 30.8 Å². The number of hydrogen-bond acceptors (Lipinski definition) is 1. The summed E-state index contributed by atoms with van der Waals surface area (Å²) in [6.07, 6.45) is 2.12. The van der Waals surface area contributed by atoms with Crippen LogP contribution in [0, 0.1) is 0 Å². The van der Waals surface area contributed by atoms with Crippen molar-refractivity contribution in [3.05, 3.63) is 71.8 Å². The van der Waals surface area contributed by atoms with Crippen molar-refractivity contribution in [2.45, 2.75) is 31.5 Å². The van der Waals surface area contributed by atoms with Crippen molar-refractivity contribution in [2.24, 2.45) is 0 Å². The molecule has 1 aliphatic rings. The van der Waals surface area contributed by atoms with Crippen molar-refractivity contribution in [3.63, 3.8) is 0 Å². The van der Waals surface area contributed by atoms with E-state index in [1.807, 2.05) is 30.3 Å². The zero-order valence-electron chi connectivity index (χ0n) is 13.7. The zero-order valence-corrected chi connectivity index (χ0v) is 13.7. The van der Waals surface area contributed by atoms with Gasteiger partial charge in [0.2, 0.25) is 0 Å². The van der Waals surface area contributed by atoms with Gasteiger partial charge in [0.25, 0.3) is 0 Å². The zero-order chi connectivity index (χ0) is 15.9. The third-order valence-corrected chi connectivity index (χ3v) is 4.91. The average Bonchev–Trinajstić information content (AvgIpc) is 2.62. The van der Waals surface area contributed by atoms with Gasteiger partial charge in [0.1, 0.15) is 19.2 Å².